The molecule has 0 unspecified atom stereocenters. The molecule has 2 aromatic rings. The second-order valence-corrected chi connectivity index (χ2v) is 9.65. The van der Waals surface area contributed by atoms with Crippen LogP contribution in [-0.2, 0) is 16.0 Å². The third kappa shape index (κ3) is 4.77. The summed E-state index contributed by atoms with van der Waals surface area (Å²) in [5, 5.41) is 1.90. The van der Waals surface area contributed by atoms with Crippen molar-refractivity contribution >= 4 is 67.8 Å². The Morgan fingerprint density at radius 2 is 2.07 bits per heavy atom. The first kappa shape index (κ1) is 21.1. The summed E-state index contributed by atoms with van der Waals surface area (Å²) in [5.74, 6) is -0.280. The van der Waals surface area contributed by atoms with E-state index in [0.29, 0.717) is 9.23 Å². The normalized spacial score (nSPS) is 17.4. The summed E-state index contributed by atoms with van der Waals surface area (Å²) < 4.78 is 1.43. The number of halogens is 1. The van der Waals surface area contributed by atoms with Gasteiger partial charge in [0.05, 0.1) is 10.6 Å². The van der Waals surface area contributed by atoms with Gasteiger partial charge in [-0.05, 0) is 48.2 Å². The van der Waals surface area contributed by atoms with Gasteiger partial charge in [-0.15, -0.1) is 0 Å². The van der Waals surface area contributed by atoms with E-state index in [2.05, 4.69) is 27.4 Å². The van der Waals surface area contributed by atoms with Gasteiger partial charge in [0, 0.05) is 24.0 Å². The number of amides is 2. The van der Waals surface area contributed by atoms with E-state index in [1.807, 2.05) is 53.5 Å². The lowest BCUT2D eigenvalue weighted by Gasteiger charge is -2.31. The van der Waals surface area contributed by atoms with Gasteiger partial charge in [-0.3, -0.25) is 24.9 Å². The number of carbonyl (C=O) groups excluding carboxylic acids is 2. The number of anilines is 1. The minimum atomic E-state index is -0.152. The van der Waals surface area contributed by atoms with Crippen LogP contribution in [0.3, 0.4) is 0 Å². The van der Waals surface area contributed by atoms with Crippen LogP contribution in [0.15, 0.2) is 57.9 Å². The van der Waals surface area contributed by atoms with E-state index < -0.39 is 0 Å². The summed E-state index contributed by atoms with van der Waals surface area (Å²) >= 11 is 10.1. The standard InChI is InChI=1S/C22H20BrN3O2S2/c23-17-8-3-5-15(13-17)14-19-21(28)25(22(29)30-19)12-10-20(27)24-26-11-4-7-16-6-1-2-9-18(16)26/h1-3,5-6,8-9,13-14H,4,7,10-12H2,(H,24,27)/b19-14-. The highest BCUT2D eigenvalue weighted by Crippen LogP contribution is 2.33. The zero-order valence-electron chi connectivity index (χ0n) is 16.1. The number of nitrogens with zero attached hydrogens (tertiary/aromatic N) is 2. The Balaban J connectivity index is 1.36. The number of nitrogens with one attached hydrogen (secondary N) is 1. The number of carbonyl (C=O) groups is 2. The van der Waals surface area contributed by atoms with Crippen molar-refractivity contribution in [1.82, 2.24) is 10.3 Å². The first-order valence-electron chi connectivity index (χ1n) is 9.67. The van der Waals surface area contributed by atoms with Crippen LogP contribution in [0.5, 0.6) is 0 Å². The molecule has 1 saturated heterocycles. The number of hydrogen-bond acceptors (Lipinski definition) is 5. The SMILES string of the molecule is O=C(CCN1C(=O)/C(=C/c2cccc(Br)c2)SC1=S)NN1CCCc2ccccc21. The molecule has 8 heteroatoms. The van der Waals surface area contributed by atoms with Crippen LogP contribution in [0, 0.1) is 0 Å². The third-order valence-electron chi connectivity index (χ3n) is 4.95. The first-order chi connectivity index (χ1) is 14.5. The van der Waals surface area contributed by atoms with Gasteiger partial charge in [0.15, 0.2) is 0 Å². The summed E-state index contributed by atoms with van der Waals surface area (Å²) in [6, 6.07) is 15.8. The van der Waals surface area contributed by atoms with Crippen molar-refractivity contribution in [3.8, 4) is 0 Å². The number of hydrogen-bond donors (Lipinski definition) is 1. The Morgan fingerprint density at radius 1 is 1.23 bits per heavy atom. The van der Waals surface area contributed by atoms with Gasteiger partial charge in [0.1, 0.15) is 4.32 Å². The summed E-state index contributed by atoms with van der Waals surface area (Å²) in [4.78, 5) is 27.4. The molecule has 154 valence electrons. The molecule has 4 rings (SSSR count). The van der Waals surface area contributed by atoms with Gasteiger partial charge in [0.2, 0.25) is 5.91 Å². The molecule has 0 radical (unpaired) electrons. The summed E-state index contributed by atoms with van der Waals surface area (Å²) in [7, 11) is 0. The fourth-order valence-electron chi connectivity index (χ4n) is 3.51. The molecule has 2 aliphatic heterocycles. The van der Waals surface area contributed by atoms with Crippen LogP contribution in [-0.4, -0.2) is 34.1 Å². The number of fused-ring (bicyclic) bond motifs is 1. The quantitative estimate of drug-likeness (QED) is 0.481. The van der Waals surface area contributed by atoms with Gasteiger partial charge in [-0.25, -0.2) is 0 Å². The van der Waals surface area contributed by atoms with Gasteiger partial charge in [0.25, 0.3) is 5.91 Å². The number of hydrazine groups is 1. The Kier molecular flexibility index (Phi) is 6.55. The number of aryl methyl sites for hydroxylation is 1. The van der Waals surface area contributed by atoms with Crippen molar-refractivity contribution in [2.45, 2.75) is 19.3 Å². The monoisotopic (exact) mass is 501 g/mol. The molecule has 30 heavy (non-hydrogen) atoms. The van der Waals surface area contributed by atoms with E-state index >= 15 is 0 Å². The third-order valence-corrected chi connectivity index (χ3v) is 6.82. The van der Waals surface area contributed by atoms with Crippen molar-refractivity contribution < 1.29 is 9.59 Å². The average molecular weight is 502 g/mol. The highest BCUT2D eigenvalue weighted by Gasteiger charge is 2.32. The molecule has 0 aromatic heterocycles. The second kappa shape index (κ2) is 9.32. The van der Waals surface area contributed by atoms with Gasteiger partial charge >= 0.3 is 0 Å². The number of para-hydroxylation sites is 1. The zero-order chi connectivity index (χ0) is 21.1. The highest BCUT2D eigenvalue weighted by molar-refractivity contribution is 9.10. The lowest BCUT2D eigenvalue weighted by atomic mass is 10.0. The lowest BCUT2D eigenvalue weighted by molar-refractivity contribution is -0.123. The summed E-state index contributed by atoms with van der Waals surface area (Å²) in [5.41, 5.74) is 6.17. The minimum Gasteiger partial charge on any atom is -0.292 e. The topological polar surface area (TPSA) is 52.7 Å². The lowest BCUT2D eigenvalue weighted by Crippen LogP contribution is -2.46. The van der Waals surface area contributed by atoms with Crippen LogP contribution < -0.4 is 10.4 Å². The fourth-order valence-corrected chi connectivity index (χ4v) is 5.24. The number of rotatable bonds is 5. The molecule has 5 nitrogen and oxygen atoms in total. The molecule has 2 aliphatic rings. The number of thioether (sulfide) groups is 1. The predicted molar refractivity (Wildman–Crippen MR) is 129 cm³/mol. The van der Waals surface area contributed by atoms with Gasteiger partial charge in [-0.2, -0.15) is 0 Å². The highest BCUT2D eigenvalue weighted by atomic mass is 79.9. The van der Waals surface area contributed by atoms with Gasteiger partial charge in [-0.1, -0.05) is 70.2 Å². The molecule has 0 atom stereocenters. The van der Waals surface area contributed by atoms with Crippen LogP contribution in [0.2, 0.25) is 0 Å². The van der Waals surface area contributed by atoms with Crippen molar-refractivity contribution in [3.05, 3.63) is 69.0 Å². The van der Waals surface area contributed by atoms with Gasteiger partial charge < -0.3 is 0 Å². The second-order valence-electron chi connectivity index (χ2n) is 7.06. The molecular weight excluding hydrogens is 482 g/mol. The molecule has 0 saturated carbocycles. The Bertz CT molecular complexity index is 1040. The first-order valence-corrected chi connectivity index (χ1v) is 11.7. The molecule has 1 fully saturated rings. The zero-order valence-corrected chi connectivity index (χ0v) is 19.4. The number of benzene rings is 2. The van der Waals surface area contributed by atoms with Crippen LogP contribution in [0.1, 0.15) is 24.0 Å². The van der Waals surface area contributed by atoms with Crippen molar-refractivity contribution in [2.24, 2.45) is 0 Å². The maximum Gasteiger partial charge on any atom is 0.266 e. The van der Waals surface area contributed by atoms with E-state index in [-0.39, 0.29) is 24.8 Å². The number of thiocarbonyl (C=S) groups is 1. The largest absolute Gasteiger partial charge is 0.292 e. The Hall–Kier alpha value is -2.16. The molecule has 2 aromatic carbocycles. The Labute approximate surface area is 193 Å². The molecule has 2 heterocycles. The van der Waals surface area contributed by atoms with Crippen LogP contribution in [0.4, 0.5) is 5.69 Å². The minimum absolute atomic E-state index is 0.128. The molecular formula is C22H20BrN3O2S2. The maximum absolute atomic E-state index is 12.8. The smallest absolute Gasteiger partial charge is 0.266 e. The van der Waals surface area contributed by atoms with E-state index in [1.54, 1.807) is 0 Å². The van der Waals surface area contributed by atoms with Crippen molar-refractivity contribution in [3.63, 3.8) is 0 Å². The molecule has 0 bridgehead atoms. The average Bonchev–Trinajstić information content (AvgIpc) is 2.99. The van der Waals surface area contributed by atoms with E-state index in [4.69, 9.17) is 12.2 Å². The predicted octanol–water partition coefficient (Wildman–Crippen LogP) is 4.52. The van der Waals surface area contributed by atoms with Crippen LogP contribution in [0.25, 0.3) is 6.08 Å². The molecule has 0 aliphatic carbocycles. The maximum atomic E-state index is 12.8. The molecule has 2 amide bonds. The van der Waals surface area contributed by atoms with Crippen molar-refractivity contribution in [1.29, 1.82) is 0 Å². The molecule has 1 N–H and O–H groups in total. The van der Waals surface area contributed by atoms with Crippen LogP contribution >= 0.6 is 39.9 Å². The Morgan fingerprint density at radius 3 is 2.90 bits per heavy atom. The van der Waals surface area contributed by atoms with E-state index in [1.165, 1.54) is 22.2 Å². The van der Waals surface area contributed by atoms with Crippen molar-refractivity contribution in [2.75, 3.05) is 18.1 Å². The summed E-state index contributed by atoms with van der Waals surface area (Å²) in [6.07, 6.45) is 4.03. The molecule has 0 spiro atoms. The van der Waals surface area contributed by atoms with E-state index in [0.717, 1.165) is 35.1 Å². The summed E-state index contributed by atoms with van der Waals surface area (Å²) in [6.45, 7) is 1.04. The van der Waals surface area contributed by atoms with E-state index in [9.17, 15) is 9.59 Å². The fraction of sp³-hybridized carbons (Fsp3) is 0.227.